The minimum absolute atomic E-state index is 0.153. The van der Waals surface area contributed by atoms with Crippen molar-refractivity contribution in [3.05, 3.63) is 46.7 Å². The van der Waals surface area contributed by atoms with Crippen LogP contribution >= 0.6 is 15.9 Å². The number of fused-ring (bicyclic) bond motifs is 1. The third kappa shape index (κ3) is 1.78. The summed E-state index contributed by atoms with van der Waals surface area (Å²) >= 11 is 3.03. The number of hydrogen-bond donors (Lipinski definition) is 1. The highest BCUT2D eigenvalue weighted by molar-refractivity contribution is 9.10. The van der Waals surface area contributed by atoms with Crippen molar-refractivity contribution in [1.82, 2.24) is 15.0 Å². The number of halogens is 3. The maximum Gasteiger partial charge on any atom is 0.144 e. The summed E-state index contributed by atoms with van der Waals surface area (Å²) in [6.45, 7) is 0. The van der Waals surface area contributed by atoms with Crippen LogP contribution in [0.5, 0.6) is 0 Å². The van der Waals surface area contributed by atoms with Gasteiger partial charge in [-0.15, -0.1) is 0 Å². The number of aromatic amines is 1. The lowest BCUT2D eigenvalue weighted by atomic mass is 10.2. The Kier molecular flexibility index (Phi) is 2.59. The first-order valence-corrected chi connectivity index (χ1v) is 5.89. The normalized spacial score (nSPS) is 11.1. The molecule has 0 saturated heterocycles. The van der Waals surface area contributed by atoms with Crippen LogP contribution in [0.2, 0.25) is 0 Å². The van der Waals surface area contributed by atoms with Gasteiger partial charge in [-0.05, 0) is 18.2 Å². The molecule has 3 rings (SSSR count). The third-order valence-corrected chi connectivity index (χ3v) is 2.98. The molecule has 3 aromatic rings. The van der Waals surface area contributed by atoms with Gasteiger partial charge in [-0.3, -0.25) is 4.98 Å². The smallest absolute Gasteiger partial charge is 0.144 e. The van der Waals surface area contributed by atoms with Crippen molar-refractivity contribution in [3.63, 3.8) is 0 Å². The molecule has 0 aliphatic heterocycles. The maximum atomic E-state index is 13.8. The topological polar surface area (TPSA) is 41.6 Å². The lowest BCUT2D eigenvalue weighted by Crippen LogP contribution is -1.92. The van der Waals surface area contributed by atoms with Gasteiger partial charge in [0.2, 0.25) is 0 Å². The Morgan fingerprint density at radius 3 is 2.56 bits per heavy atom. The number of hydrogen-bond acceptors (Lipinski definition) is 2. The van der Waals surface area contributed by atoms with Gasteiger partial charge >= 0.3 is 0 Å². The van der Waals surface area contributed by atoms with Crippen LogP contribution in [0, 0.1) is 11.6 Å². The first kappa shape index (κ1) is 11.3. The van der Waals surface area contributed by atoms with E-state index in [1.54, 1.807) is 18.5 Å². The molecule has 1 aromatic carbocycles. The van der Waals surface area contributed by atoms with Crippen molar-refractivity contribution in [2.45, 2.75) is 0 Å². The average molecular weight is 310 g/mol. The molecular weight excluding hydrogens is 304 g/mol. The third-order valence-electron chi connectivity index (χ3n) is 2.53. The summed E-state index contributed by atoms with van der Waals surface area (Å²) in [7, 11) is 0. The highest BCUT2D eigenvalue weighted by atomic mass is 79.9. The van der Waals surface area contributed by atoms with E-state index in [1.807, 2.05) is 0 Å². The fourth-order valence-electron chi connectivity index (χ4n) is 1.74. The van der Waals surface area contributed by atoms with Gasteiger partial charge in [-0.1, -0.05) is 15.9 Å². The standard InChI is InChI=1S/C12H6BrF2N3/c13-6-3-7(14)11(8(15)4-6)12-17-9-1-2-16-5-10(9)18-12/h1-5H,(H,17,18). The summed E-state index contributed by atoms with van der Waals surface area (Å²) < 4.78 is 27.9. The van der Waals surface area contributed by atoms with E-state index < -0.39 is 11.6 Å². The van der Waals surface area contributed by atoms with Crippen molar-refractivity contribution in [2.75, 3.05) is 0 Å². The molecule has 6 heteroatoms. The van der Waals surface area contributed by atoms with E-state index >= 15 is 0 Å². The van der Waals surface area contributed by atoms with Crippen LogP contribution in [-0.4, -0.2) is 15.0 Å². The summed E-state index contributed by atoms with van der Waals surface area (Å²) in [6, 6.07) is 4.07. The van der Waals surface area contributed by atoms with E-state index in [0.29, 0.717) is 15.5 Å². The second kappa shape index (κ2) is 4.13. The molecular formula is C12H6BrF2N3. The summed E-state index contributed by atoms with van der Waals surface area (Å²) in [5.41, 5.74) is 1.07. The van der Waals surface area contributed by atoms with Crippen molar-refractivity contribution in [2.24, 2.45) is 0 Å². The predicted molar refractivity (Wildman–Crippen MR) is 66.9 cm³/mol. The predicted octanol–water partition coefficient (Wildman–Crippen LogP) is 3.67. The van der Waals surface area contributed by atoms with Gasteiger partial charge in [0.15, 0.2) is 0 Å². The van der Waals surface area contributed by atoms with Crippen molar-refractivity contribution >= 4 is 27.0 Å². The van der Waals surface area contributed by atoms with Crippen LogP contribution in [0.3, 0.4) is 0 Å². The monoisotopic (exact) mass is 309 g/mol. The number of H-pyrrole nitrogens is 1. The second-order valence-electron chi connectivity index (χ2n) is 3.72. The van der Waals surface area contributed by atoms with Gasteiger partial charge in [0.1, 0.15) is 17.5 Å². The Hall–Kier alpha value is -1.82. The molecule has 18 heavy (non-hydrogen) atoms. The minimum atomic E-state index is -0.672. The molecule has 0 atom stereocenters. The zero-order chi connectivity index (χ0) is 12.7. The number of imidazole rings is 1. The first-order valence-electron chi connectivity index (χ1n) is 5.10. The van der Waals surface area contributed by atoms with E-state index in [0.717, 1.165) is 0 Å². The molecule has 0 fully saturated rings. The molecule has 1 N–H and O–H groups in total. The fraction of sp³-hybridized carbons (Fsp3) is 0. The van der Waals surface area contributed by atoms with Crippen LogP contribution in [0.4, 0.5) is 8.78 Å². The van der Waals surface area contributed by atoms with Crippen LogP contribution < -0.4 is 0 Å². The molecule has 0 aliphatic carbocycles. The van der Waals surface area contributed by atoms with Crippen LogP contribution in [-0.2, 0) is 0 Å². The highest BCUT2D eigenvalue weighted by Crippen LogP contribution is 2.28. The SMILES string of the molecule is Fc1cc(Br)cc(F)c1-c1nc2ccncc2[nH]1. The van der Waals surface area contributed by atoms with Crippen LogP contribution in [0.25, 0.3) is 22.4 Å². The Balaban J connectivity index is 2.26. The Labute approximate surface area is 109 Å². The van der Waals surface area contributed by atoms with E-state index in [1.165, 1.54) is 12.1 Å². The Morgan fingerprint density at radius 1 is 1.17 bits per heavy atom. The largest absolute Gasteiger partial charge is 0.337 e. The molecule has 0 bridgehead atoms. The lowest BCUT2D eigenvalue weighted by Gasteiger charge is -2.02. The molecule has 0 radical (unpaired) electrons. The van der Waals surface area contributed by atoms with E-state index in [2.05, 4.69) is 30.9 Å². The Morgan fingerprint density at radius 2 is 1.89 bits per heavy atom. The molecule has 0 aliphatic rings. The molecule has 0 spiro atoms. The van der Waals surface area contributed by atoms with E-state index in [4.69, 9.17) is 0 Å². The van der Waals surface area contributed by atoms with E-state index in [9.17, 15) is 8.78 Å². The van der Waals surface area contributed by atoms with Crippen LogP contribution in [0.1, 0.15) is 0 Å². The Bertz CT molecular complexity index is 683. The van der Waals surface area contributed by atoms with Crippen molar-refractivity contribution in [3.8, 4) is 11.4 Å². The quantitative estimate of drug-likeness (QED) is 0.745. The second-order valence-corrected chi connectivity index (χ2v) is 4.64. The van der Waals surface area contributed by atoms with Gasteiger partial charge in [0, 0.05) is 10.7 Å². The number of rotatable bonds is 1. The van der Waals surface area contributed by atoms with Crippen molar-refractivity contribution in [1.29, 1.82) is 0 Å². The molecule has 0 amide bonds. The van der Waals surface area contributed by atoms with Gasteiger partial charge < -0.3 is 4.98 Å². The van der Waals surface area contributed by atoms with Gasteiger partial charge in [-0.2, -0.15) is 0 Å². The minimum Gasteiger partial charge on any atom is -0.337 e. The summed E-state index contributed by atoms with van der Waals surface area (Å²) in [5, 5.41) is 0. The summed E-state index contributed by atoms with van der Waals surface area (Å²) in [6.07, 6.45) is 3.13. The number of aromatic nitrogens is 3. The average Bonchev–Trinajstić information content (AvgIpc) is 2.70. The molecule has 2 aromatic heterocycles. The number of pyridine rings is 1. The number of nitrogens with one attached hydrogen (secondary N) is 1. The molecule has 0 saturated carbocycles. The summed E-state index contributed by atoms with van der Waals surface area (Å²) in [4.78, 5) is 10.9. The molecule has 90 valence electrons. The van der Waals surface area contributed by atoms with Gasteiger partial charge in [-0.25, -0.2) is 13.8 Å². The van der Waals surface area contributed by atoms with Crippen LogP contribution in [0.15, 0.2) is 35.1 Å². The number of nitrogens with zero attached hydrogens (tertiary/aromatic N) is 2. The van der Waals surface area contributed by atoms with Gasteiger partial charge in [0.25, 0.3) is 0 Å². The lowest BCUT2D eigenvalue weighted by molar-refractivity contribution is 0.586. The van der Waals surface area contributed by atoms with Gasteiger partial charge in [0.05, 0.1) is 22.8 Å². The van der Waals surface area contributed by atoms with Crippen molar-refractivity contribution < 1.29 is 8.78 Å². The van der Waals surface area contributed by atoms with E-state index in [-0.39, 0.29) is 11.4 Å². The number of benzene rings is 1. The summed E-state index contributed by atoms with van der Waals surface area (Å²) in [5.74, 6) is -1.19. The molecule has 3 nitrogen and oxygen atoms in total. The molecule has 0 unspecified atom stereocenters. The highest BCUT2D eigenvalue weighted by Gasteiger charge is 2.16. The fourth-order valence-corrected chi connectivity index (χ4v) is 2.15. The first-order chi connectivity index (χ1) is 8.65. The maximum absolute atomic E-state index is 13.8. The molecule has 2 heterocycles. The zero-order valence-electron chi connectivity index (χ0n) is 8.92. The zero-order valence-corrected chi connectivity index (χ0v) is 10.5.